The molecule has 0 aliphatic carbocycles. The Morgan fingerprint density at radius 1 is 1.50 bits per heavy atom. The first-order valence-electron chi connectivity index (χ1n) is 2.27. The quantitative estimate of drug-likeness (QED) is 0.433. The number of hydrogen-bond donors (Lipinski definition) is 0. The largest absolute Gasteiger partial charge is 0.341 e. The summed E-state index contributed by atoms with van der Waals surface area (Å²) in [6, 6.07) is 0. The van der Waals surface area contributed by atoms with E-state index in [9.17, 15) is 0 Å². The van der Waals surface area contributed by atoms with Gasteiger partial charge in [-0.15, -0.1) is 0 Å². The van der Waals surface area contributed by atoms with Gasteiger partial charge in [-0.25, -0.2) is 0 Å². The Balaban J connectivity index is 3.58. The zero-order valence-corrected chi connectivity index (χ0v) is 5.86. The minimum Gasteiger partial charge on any atom is -0.341 e. The van der Waals surface area contributed by atoms with Crippen LogP contribution in [0, 0.1) is 6.92 Å². The molecule has 49 valence electrons. The van der Waals surface area contributed by atoms with Crippen molar-refractivity contribution in [3.8, 4) is 0 Å². The first-order chi connectivity index (χ1) is 3.68. The Bertz CT molecular complexity index is 53.2. The topological polar surface area (TPSA) is 18.5 Å². The smallest absolute Gasteiger partial charge is 0.247 e. The molecule has 0 spiro atoms. The van der Waals surface area contributed by atoms with Gasteiger partial charge in [0.2, 0.25) is 5.25 Å². The van der Waals surface area contributed by atoms with E-state index in [-0.39, 0.29) is 0 Å². The number of ether oxygens (including phenoxy) is 2. The van der Waals surface area contributed by atoms with E-state index in [2.05, 4.69) is 6.92 Å². The number of halogens is 1. The molecule has 0 unspecified atom stereocenters. The molecule has 1 radical (unpaired) electrons. The molecular weight excluding hydrogens is 128 g/mol. The molecule has 0 amide bonds. The van der Waals surface area contributed by atoms with Crippen LogP contribution < -0.4 is 0 Å². The fraction of sp³-hybridized carbons (Fsp3) is 0.800. The summed E-state index contributed by atoms with van der Waals surface area (Å²) >= 11 is 5.59. The minimum absolute atomic E-state index is 0.390. The van der Waals surface area contributed by atoms with Gasteiger partial charge < -0.3 is 9.47 Å². The highest BCUT2D eigenvalue weighted by molar-refractivity contribution is 6.21. The second-order valence-corrected chi connectivity index (χ2v) is 1.89. The molecule has 0 bridgehead atoms. The van der Waals surface area contributed by atoms with E-state index in [0.29, 0.717) is 6.42 Å². The second-order valence-electron chi connectivity index (χ2n) is 1.32. The van der Waals surface area contributed by atoms with Crippen LogP contribution in [-0.4, -0.2) is 19.5 Å². The van der Waals surface area contributed by atoms with Crippen molar-refractivity contribution in [3.05, 3.63) is 6.92 Å². The highest BCUT2D eigenvalue weighted by Gasteiger charge is 2.22. The van der Waals surface area contributed by atoms with Gasteiger partial charge in [0.25, 0.3) is 0 Å². The summed E-state index contributed by atoms with van der Waals surface area (Å²) in [6.45, 7) is 3.52. The average Bonchev–Trinajstić information content (AvgIpc) is 1.87. The molecule has 0 aromatic heterocycles. The molecule has 0 saturated heterocycles. The summed E-state index contributed by atoms with van der Waals surface area (Å²) in [6.07, 6.45) is 0.390. The van der Waals surface area contributed by atoms with Crippen molar-refractivity contribution in [1.29, 1.82) is 0 Å². The van der Waals surface area contributed by atoms with Crippen LogP contribution in [0.3, 0.4) is 0 Å². The third kappa shape index (κ3) is 1.99. The van der Waals surface area contributed by atoms with Gasteiger partial charge in [0.05, 0.1) is 0 Å². The molecule has 0 saturated carbocycles. The van der Waals surface area contributed by atoms with Gasteiger partial charge in [0.1, 0.15) is 0 Å². The Morgan fingerprint density at radius 2 is 1.88 bits per heavy atom. The maximum atomic E-state index is 5.59. The van der Waals surface area contributed by atoms with E-state index in [4.69, 9.17) is 21.1 Å². The lowest BCUT2D eigenvalue weighted by Gasteiger charge is -2.20. The molecule has 0 heterocycles. The van der Waals surface area contributed by atoms with Gasteiger partial charge in [-0.2, -0.15) is 0 Å². The normalized spacial score (nSPS) is 12.0. The molecular formula is C5H10ClO2. The summed E-state index contributed by atoms with van der Waals surface area (Å²) in [7, 11) is 2.95. The van der Waals surface area contributed by atoms with Gasteiger partial charge in [-0.1, -0.05) is 11.6 Å². The second kappa shape index (κ2) is 3.28. The molecule has 0 aliphatic rings. The zero-order valence-electron chi connectivity index (χ0n) is 5.11. The van der Waals surface area contributed by atoms with E-state index in [1.165, 1.54) is 14.2 Å². The van der Waals surface area contributed by atoms with Gasteiger partial charge in [-0.05, 0) is 6.92 Å². The van der Waals surface area contributed by atoms with Crippen LogP contribution in [0.1, 0.15) is 6.42 Å². The Labute approximate surface area is 54.7 Å². The van der Waals surface area contributed by atoms with Crippen molar-refractivity contribution in [3.63, 3.8) is 0 Å². The van der Waals surface area contributed by atoms with E-state index >= 15 is 0 Å². The van der Waals surface area contributed by atoms with E-state index in [1.807, 2.05) is 0 Å². The van der Waals surface area contributed by atoms with Gasteiger partial charge in [0, 0.05) is 20.6 Å². The Kier molecular flexibility index (Phi) is 3.36. The van der Waals surface area contributed by atoms with Crippen molar-refractivity contribution in [2.24, 2.45) is 0 Å². The lowest BCUT2D eigenvalue weighted by atomic mass is 10.5. The third-order valence-electron chi connectivity index (χ3n) is 0.908. The average molecular weight is 138 g/mol. The van der Waals surface area contributed by atoms with Crippen LogP contribution in [0.25, 0.3) is 0 Å². The van der Waals surface area contributed by atoms with Gasteiger partial charge in [-0.3, -0.25) is 0 Å². The summed E-state index contributed by atoms with van der Waals surface area (Å²) in [5.41, 5.74) is 0. The van der Waals surface area contributed by atoms with E-state index < -0.39 is 5.25 Å². The molecule has 0 N–H and O–H groups in total. The van der Waals surface area contributed by atoms with Crippen molar-refractivity contribution >= 4 is 11.6 Å². The summed E-state index contributed by atoms with van der Waals surface area (Å²) in [5.74, 6) is 0. The summed E-state index contributed by atoms with van der Waals surface area (Å²) in [5, 5.41) is -1.01. The number of alkyl halides is 1. The van der Waals surface area contributed by atoms with Crippen LogP contribution in [0.15, 0.2) is 0 Å². The van der Waals surface area contributed by atoms with Crippen molar-refractivity contribution in [1.82, 2.24) is 0 Å². The fourth-order valence-electron chi connectivity index (χ4n) is 0.287. The number of rotatable bonds is 3. The van der Waals surface area contributed by atoms with Gasteiger partial charge >= 0.3 is 0 Å². The summed E-state index contributed by atoms with van der Waals surface area (Å²) < 4.78 is 9.43. The van der Waals surface area contributed by atoms with E-state index in [1.54, 1.807) is 0 Å². The minimum atomic E-state index is -1.01. The van der Waals surface area contributed by atoms with Crippen LogP contribution in [0.4, 0.5) is 0 Å². The highest BCUT2D eigenvalue weighted by Crippen LogP contribution is 2.19. The maximum absolute atomic E-state index is 5.59. The Morgan fingerprint density at radius 3 is 1.88 bits per heavy atom. The molecule has 0 aromatic carbocycles. The van der Waals surface area contributed by atoms with Gasteiger partial charge in [0.15, 0.2) is 0 Å². The first kappa shape index (κ1) is 8.21. The number of hydrogen-bond acceptors (Lipinski definition) is 2. The molecule has 0 atom stereocenters. The third-order valence-corrected chi connectivity index (χ3v) is 1.41. The predicted octanol–water partition coefficient (Wildman–Crippen LogP) is 1.40. The molecule has 0 fully saturated rings. The molecule has 0 aromatic rings. The van der Waals surface area contributed by atoms with Crippen LogP contribution in [-0.2, 0) is 9.47 Å². The fourth-order valence-corrected chi connectivity index (χ4v) is 0.287. The monoisotopic (exact) mass is 137 g/mol. The molecule has 0 aliphatic heterocycles. The zero-order chi connectivity index (χ0) is 6.62. The lowest BCUT2D eigenvalue weighted by Crippen LogP contribution is -2.24. The SMILES string of the molecule is [CH2]CC(Cl)(OC)OC. The van der Waals surface area contributed by atoms with E-state index in [0.717, 1.165) is 0 Å². The summed E-state index contributed by atoms with van der Waals surface area (Å²) in [4.78, 5) is 0. The number of methoxy groups -OCH3 is 2. The van der Waals surface area contributed by atoms with Crippen molar-refractivity contribution in [2.45, 2.75) is 11.7 Å². The predicted molar refractivity (Wildman–Crippen MR) is 32.6 cm³/mol. The highest BCUT2D eigenvalue weighted by atomic mass is 35.5. The molecule has 2 nitrogen and oxygen atoms in total. The lowest BCUT2D eigenvalue weighted by molar-refractivity contribution is -0.138. The Hall–Kier alpha value is 0.210. The molecule has 8 heavy (non-hydrogen) atoms. The van der Waals surface area contributed by atoms with Crippen molar-refractivity contribution in [2.75, 3.05) is 14.2 Å². The van der Waals surface area contributed by atoms with Crippen molar-refractivity contribution < 1.29 is 9.47 Å². The first-order valence-corrected chi connectivity index (χ1v) is 2.65. The van der Waals surface area contributed by atoms with Crippen LogP contribution >= 0.6 is 11.6 Å². The van der Waals surface area contributed by atoms with Crippen LogP contribution in [0.2, 0.25) is 0 Å². The standard InChI is InChI=1S/C5H10ClO2/c1-4-5(6,7-2)8-3/h1,4H2,2-3H3. The molecule has 3 heteroatoms. The maximum Gasteiger partial charge on any atom is 0.247 e. The van der Waals surface area contributed by atoms with Crippen LogP contribution in [0.5, 0.6) is 0 Å². The molecule has 0 rings (SSSR count).